The van der Waals surface area contributed by atoms with Crippen LogP contribution < -0.4 is 4.90 Å². The van der Waals surface area contributed by atoms with Crippen molar-refractivity contribution in [2.45, 2.75) is 57.3 Å². The summed E-state index contributed by atoms with van der Waals surface area (Å²) in [5.74, 6) is 1.57. The molecule has 1 unspecified atom stereocenters. The second-order valence-electron chi connectivity index (χ2n) is 6.56. The van der Waals surface area contributed by atoms with E-state index in [-0.39, 0.29) is 5.91 Å². The van der Waals surface area contributed by atoms with Crippen molar-refractivity contribution in [2.75, 3.05) is 43.5 Å². The number of thioether (sulfide) groups is 1. The lowest BCUT2D eigenvalue weighted by Gasteiger charge is -2.35. The lowest BCUT2D eigenvalue weighted by atomic mass is 10.0. The number of likely N-dealkylation sites (tertiary alicyclic amines) is 1. The number of hydrogen-bond donors (Lipinski definition) is 0. The summed E-state index contributed by atoms with van der Waals surface area (Å²) in [5.41, 5.74) is 0. The van der Waals surface area contributed by atoms with Crippen molar-refractivity contribution in [1.82, 2.24) is 19.7 Å². The fraction of sp³-hybridized carbons (Fsp3) is 0.824. The second kappa shape index (κ2) is 8.89. The smallest absolute Gasteiger partial charge is 0.233 e. The van der Waals surface area contributed by atoms with Gasteiger partial charge in [0, 0.05) is 32.2 Å². The molecule has 0 saturated carbocycles. The third-order valence-corrected chi connectivity index (χ3v) is 6.00. The lowest BCUT2D eigenvalue weighted by Crippen LogP contribution is -2.44. The van der Waals surface area contributed by atoms with Crippen LogP contribution in [0.2, 0.25) is 0 Å². The monoisotopic (exact) mass is 367 g/mol. The Hall–Kier alpha value is -1.28. The number of aromatic nitrogens is 3. The minimum Gasteiger partial charge on any atom is -0.378 e. The molecule has 1 atom stereocenters. The average Bonchev–Trinajstić information content (AvgIpc) is 3.09. The number of nitrogens with zero attached hydrogens (tertiary/aromatic N) is 5. The maximum atomic E-state index is 12.7. The molecule has 0 bridgehead atoms. The summed E-state index contributed by atoms with van der Waals surface area (Å²) in [5, 5.41) is 9.55. The quantitative estimate of drug-likeness (QED) is 0.717. The van der Waals surface area contributed by atoms with Crippen LogP contribution in [-0.4, -0.2) is 70.2 Å². The molecule has 1 aromatic heterocycles. The third-order valence-electron chi connectivity index (χ3n) is 5.05. The highest BCUT2D eigenvalue weighted by Crippen LogP contribution is 2.25. The maximum absolute atomic E-state index is 12.7. The van der Waals surface area contributed by atoms with Gasteiger partial charge in [0.15, 0.2) is 5.16 Å². The highest BCUT2D eigenvalue weighted by atomic mass is 32.2. The zero-order valence-corrected chi connectivity index (χ0v) is 16.1. The van der Waals surface area contributed by atoms with Gasteiger partial charge in [0.05, 0.1) is 19.0 Å². The topological polar surface area (TPSA) is 63.5 Å². The van der Waals surface area contributed by atoms with Crippen LogP contribution in [0.1, 0.15) is 39.5 Å². The first-order valence-electron chi connectivity index (χ1n) is 9.42. The SMILES string of the molecule is CCC1CCCCN1C(=O)CSc1nnc(N2CCOCC2)n1CC. The van der Waals surface area contributed by atoms with Crippen LogP contribution in [0.15, 0.2) is 5.16 Å². The second-order valence-corrected chi connectivity index (χ2v) is 7.50. The van der Waals surface area contributed by atoms with Crippen molar-refractivity contribution < 1.29 is 9.53 Å². The van der Waals surface area contributed by atoms with Gasteiger partial charge in [-0.05, 0) is 32.6 Å². The first-order chi connectivity index (χ1) is 12.2. The van der Waals surface area contributed by atoms with E-state index in [1.165, 1.54) is 18.2 Å². The predicted molar refractivity (Wildman–Crippen MR) is 99.1 cm³/mol. The summed E-state index contributed by atoms with van der Waals surface area (Å²) >= 11 is 1.51. The summed E-state index contributed by atoms with van der Waals surface area (Å²) in [6.07, 6.45) is 4.55. The van der Waals surface area contributed by atoms with Crippen molar-refractivity contribution in [2.24, 2.45) is 0 Å². The molecule has 0 N–H and O–H groups in total. The maximum Gasteiger partial charge on any atom is 0.233 e. The van der Waals surface area contributed by atoms with Gasteiger partial charge in [0.1, 0.15) is 0 Å². The fourth-order valence-corrected chi connectivity index (χ4v) is 4.51. The van der Waals surface area contributed by atoms with Crippen LogP contribution >= 0.6 is 11.8 Å². The van der Waals surface area contributed by atoms with Gasteiger partial charge >= 0.3 is 0 Å². The lowest BCUT2D eigenvalue weighted by molar-refractivity contribution is -0.132. The van der Waals surface area contributed by atoms with Gasteiger partial charge in [0.25, 0.3) is 0 Å². The molecule has 0 aliphatic carbocycles. The Balaban J connectivity index is 1.62. The molecule has 0 radical (unpaired) electrons. The summed E-state index contributed by atoms with van der Waals surface area (Å²) in [4.78, 5) is 17.0. The number of piperidine rings is 1. The predicted octanol–water partition coefficient (Wildman–Crippen LogP) is 2.02. The minimum atomic E-state index is 0.232. The van der Waals surface area contributed by atoms with E-state index in [9.17, 15) is 4.79 Å². The van der Waals surface area contributed by atoms with Crippen molar-refractivity contribution in [3.8, 4) is 0 Å². The van der Waals surface area contributed by atoms with E-state index in [0.29, 0.717) is 11.8 Å². The van der Waals surface area contributed by atoms with Gasteiger partial charge in [-0.25, -0.2) is 0 Å². The highest BCUT2D eigenvalue weighted by molar-refractivity contribution is 7.99. The molecule has 2 fully saturated rings. The molecule has 0 aromatic carbocycles. The molecule has 3 heterocycles. The number of carbonyl (C=O) groups excluding carboxylic acids is 1. The van der Waals surface area contributed by atoms with Crippen LogP contribution in [0.3, 0.4) is 0 Å². The van der Waals surface area contributed by atoms with E-state index in [1.807, 2.05) is 0 Å². The molecule has 3 rings (SSSR count). The summed E-state index contributed by atoms with van der Waals surface area (Å²) < 4.78 is 7.52. The van der Waals surface area contributed by atoms with Crippen LogP contribution in [-0.2, 0) is 16.1 Å². The Morgan fingerprint density at radius 2 is 2.00 bits per heavy atom. The fourth-order valence-electron chi connectivity index (χ4n) is 3.62. The van der Waals surface area contributed by atoms with E-state index in [1.54, 1.807) is 0 Å². The normalized spacial score (nSPS) is 21.6. The van der Waals surface area contributed by atoms with E-state index in [2.05, 4.69) is 38.4 Å². The van der Waals surface area contributed by atoms with E-state index < -0.39 is 0 Å². The summed E-state index contributed by atoms with van der Waals surface area (Å²) in [6.45, 7) is 9.11. The third kappa shape index (κ3) is 4.28. The van der Waals surface area contributed by atoms with Crippen molar-refractivity contribution >= 4 is 23.6 Å². The minimum absolute atomic E-state index is 0.232. The largest absolute Gasteiger partial charge is 0.378 e. The van der Waals surface area contributed by atoms with Gasteiger partial charge in [-0.2, -0.15) is 0 Å². The van der Waals surface area contributed by atoms with Crippen molar-refractivity contribution in [3.05, 3.63) is 0 Å². The highest BCUT2D eigenvalue weighted by Gasteiger charge is 2.26. The Morgan fingerprint density at radius 1 is 1.20 bits per heavy atom. The van der Waals surface area contributed by atoms with Crippen LogP contribution in [0.25, 0.3) is 0 Å². The number of morpholine rings is 1. The van der Waals surface area contributed by atoms with Gasteiger partial charge in [-0.15, -0.1) is 10.2 Å². The van der Waals surface area contributed by atoms with E-state index in [0.717, 1.165) is 69.8 Å². The molecule has 2 aliphatic rings. The van der Waals surface area contributed by atoms with E-state index in [4.69, 9.17) is 4.74 Å². The molecule has 2 saturated heterocycles. The molecule has 7 nitrogen and oxygen atoms in total. The van der Waals surface area contributed by atoms with Gasteiger partial charge in [0.2, 0.25) is 11.9 Å². The Morgan fingerprint density at radius 3 is 2.72 bits per heavy atom. The number of carbonyl (C=O) groups is 1. The molecule has 8 heteroatoms. The molecule has 1 amide bonds. The van der Waals surface area contributed by atoms with Crippen molar-refractivity contribution in [3.63, 3.8) is 0 Å². The zero-order valence-electron chi connectivity index (χ0n) is 15.3. The Bertz CT molecular complexity index is 573. The number of anilines is 1. The van der Waals surface area contributed by atoms with Crippen molar-refractivity contribution in [1.29, 1.82) is 0 Å². The number of rotatable bonds is 6. The summed E-state index contributed by atoms with van der Waals surface area (Å²) in [7, 11) is 0. The molecule has 140 valence electrons. The average molecular weight is 368 g/mol. The van der Waals surface area contributed by atoms with E-state index >= 15 is 0 Å². The number of amides is 1. The van der Waals surface area contributed by atoms with Crippen LogP contribution in [0.4, 0.5) is 5.95 Å². The van der Waals surface area contributed by atoms with Crippen LogP contribution in [0.5, 0.6) is 0 Å². The first kappa shape index (κ1) is 18.5. The molecular weight excluding hydrogens is 338 g/mol. The number of hydrogen-bond acceptors (Lipinski definition) is 6. The molecule has 1 aromatic rings. The van der Waals surface area contributed by atoms with Gasteiger partial charge in [-0.1, -0.05) is 18.7 Å². The van der Waals surface area contributed by atoms with Gasteiger partial charge in [-0.3, -0.25) is 9.36 Å². The zero-order chi connectivity index (χ0) is 17.6. The molecule has 25 heavy (non-hydrogen) atoms. The first-order valence-corrected chi connectivity index (χ1v) is 10.4. The number of ether oxygens (including phenoxy) is 1. The molecular formula is C17H29N5O2S. The molecule has 2 aliphatic heterocycles. The Labute approximate surface area is 154 Å². The van der Waals surface area contributed by atoms with Gasteiger partial charge < -0.3 is 14.5 Å². The standard InChI is InChI=1S/C17H29N5O2S/c1-3-14-7-5-6-8-22(14)15(23)13-25-17-19-18-16(21(17)4-2)20-9-11-24-12-10-20/h14H,3-13H2,1-2H3. The summed E-state index contributed by atoms with van der Waals surface area (Å²) in [6, 6.07) is 0.412. The van der Waals surface area contributed by atoms with Crippen LogP contribution in [0, 0.1) is 0 Å². The molecule has 0 spiro atoms. The Kier molecular flexibility index (Phi) is 6.58.